The fourth-order valence-electron chi connectivity index (χ4n) is 8.06. The third kappa shape index (κ3) is 10.5. The van der Waals surface area contributed by atoms with Crippen molar-refractivity contribution in [3.8, 4) is 34.6 Å². The van der Waals surface area contributed by atoms with Gasteiger partial charge in [-0.3, -0.25) is 9.59 Å². The van der Waals surface area contributed by atoms with Crippen LogP contribution in [-0.2, 0) is 35.9 Å². The molecule has 0 amide bonds. The summed E-state index contributed by atoms with van der Waals surface area (Å²) >= 11 is 13.4. The van der Waals surface area contributed by atoms with Crippen LogP contribution in [0.15, 0.2) is 48.5 Å². The second-order valence-electron chi connectivity index (χ2n) is 15.2. The number of benzene rings is 2. The molecule has 14 heteroatoms. The van der Waals surface area contributed by atoms with E-state index in [0.717, 1.165) is 70.2 Å². The van der Waals surface area contributed by atoms with Crippen LogP contribution in [0.2, 0.25) is 10.0 Å². The summed E-state index contributed by atoms with van der Waals surface area (Å²) in [5.74, 6) is -0.825. The number of pyridine rings is 2. The molecule has 58 heavy (non-hydrogen) atoms. The van der Waals surface area contributed by atoms with Gasteiger partial charge in [-0.2, -0.15) is 9.97 Å². The van der Waals surface area contributed by atoms with E-state index in [1.54, 1.807) is 26.4 Å². The molecule has 2 aromatic carbocycles. The topological polar surface area (TPSA) is 161 Å². The molecule has 0 saturated heterocycles. The molecule has 2 aliphatic carbocycles. The van der Waals surface area contributed by atoms with Gasteiger partial charge in [0.15, 0.2) is 0 Å². The third-order valence-electron chi connectivity index (χ3n) is 11.5. The molecule has 0 radical (unpaired) electrons. The first-order chi connectivity index (χ1) is 27.9. The highest BCUT2D eigenvalue weighted by Crippen LogP contribution is 2.35. The molecule has 0 spiro atoms. The number of nitrogens with zero attached hydrogens (tertiary/aromatic N) is 2. The molecule has 6 rings (SSSR count). The molecule has 4 aromatic rings. The van der Waals surface area contributed by atoms with Crippen molar-refractivity contribution < 1.29 is 38.7 Å². The summed E-state index contributed by atoms with van der Waals surface area (Å²) in [6.07, 6.45) is 6.18. The number of carbonyl (C=O) groups is 2. The molecule has 2 fully saturated rings. The highest BCUT2D eigenvalue weighted by atomic mass is 35.5. The number of methoxy groups -OCH3 is 2. The van der Waals surface area contributed by atoms with Gasteiger partial charge in [0, 0.05) is 36.3 Å². The van der Waals surface area contributed by atoms with Gasteiger partial charge in [0.1, 0.15) is 23.3 Å². The molecule has 2 aliphatic rings. The standard InChI is InChI=1S/C44H52Cl2N4O8/c1-25-29(23-57-41-37(45)19-31(39(49-41)55-3)21-47-33-13-5-9-27(17-33)43(51)52)11-7-15-35(25)36-16-8-12-30(26(36)2)24-58-42-38(46)20-32(40(50-42)56-4)22-48-34-14-6-10-28(18-34)44(53)54/h7-8,11-12,15-16,19-20,27-28,33-34,47-48H,5-6,9-10,13-14,17-18,21-24H2,1-4H3,(H,51,52)(H,53,54)/t27-,28-,33+,34+/m1/s1. The van der Waals surface area contributed by atoms with E-state index < -0.39 is 11.9 Å². The summed E-state index contributed by atoms with van der Waals surface area (Å²) in [7, 11) is 3.10. The molecular weight excluding hydrogens is 783 g/mol. The molecule has 4 N–H and O–H groups in total. The Morgan fingerprint density at radius 3 is 1.45 bits per heavy atom. The first kappa shape index (κ1) is 43.0. The Balaban J connectivity index is 1.10. The Kier molecular flexibility index (Phi) is 14.7. The van der Waals surface area contributed by atoms with Crippen LogP contribution in [0.1, 0.15) is 84.7 Å². The van der Waals surface area contributed by atoms with Crippen LogP contribution in [0.4, 0.5) is 0 Å². The first-order valence-electron chi connectivity index (χ1n) is 19.8. The zero-order valence-electron chi connectivity index (χ0n) is 33.4. The van der Waals surface area contributed by atoms with Crippen LogP contribution < -0.4 is 29.6 Å². The van der Waals surface area contributed by atoms with Crippen LogP contribution in [-0.4, -0.2) is 58.4 Å². The SMILES string of the molecule is COc1nc(OCc2cccc(-c3cccc(COc4nc(OC)c(CN[C@H]5CCC[C@@H](C(=O)O)C5)cc4Cl)c3C)c2C)c(Cl)cc1CN[C@H]1CCC[C@@H](C(=O)O)C1. The molecule has 0 bridgehead atoms. The monoisotopic (exact) mass is 834 g/mol. The molecular formula is C44H52Cl2N4O8. The van der Waals surface area contributed by atoms with E-state index in [0.29, 0.717) is 60.6 Å². The molecule has 4 atom stereocenters. The van der Waals surface area contributed by atoms with Gasteiger partial charge in [0.2, 0.25) is 23.5 Å². The smallest absolute Gasteiger partial charge is 0.306 e. The van der Waals surface area contributed by atoms with Crippen molar-refractivity contribution >= 4 is 35.1 Å². The summed E-state index contributed by atoms with van der Waals surface area (Å²) in [6.45, 7) is 5.47. The van der Waals surface area contributed by atoms with Crippen LogP contribution >= 0.6 is 23.2 Å². The average molecular weight is 836 g/mol. The maximum Gasteiger partial charge on any atom is 0.306 e. The predicted molar refractivity (Wildman–Crippen MR) is 222 cm³/mol. The van der Waals surface area contributed by atoms with E-state index in [1.165, 1.54) is 0 Å². The van der Waals surface area contributed by atoms with Crippen LogP contribution in [0.3, 0.4) is 0 Å². The molecule has 0 aliphatic heterocycles. The summed E-state index contributed by atoms with van der Waals surface area (Å²) < 4.78 is 23.6. The highest BCUT2D eigenvalue weighted by molar-refractivity contribution is 6.32. The summed E-state index contributed by atoms with van der Waals surface area (Å²) in [5.41, 5.74) is 7.66. The first-order valence-corrected chi connectivity index (χ1v) is 20.5. The van der Waals surface area contributed by atoms with Crippen molar-refractivity contribution in [2.24, 2.45) is 11.8 Å². The lowest BCUT2D eigenvalue weighted by atomic mass is 9.86. The maximum atomic E-state index is 11.5. The van der Waals surface area contributed by atoms with E-state index in [1.807, 2.05) is 24.3 Å². The Labute approximate surface area is 349 Å². The highest BCUT2D eigenvalue weighted by Gasteiger charge is 2.28. The van der Waals surface area contributed by atoms with E-state index in [9.17, 15) is 19.8 Å². The normalized spacial score (nSPS) is 19.3. The van der Waals surface area contributed by atoms with Gasteiger partial charge < -0.3 is 39.8 Å². The molecule has 2 heterocycles. The van der Waals surface area contributed by atoms with Gasteiger partial charge in [-0.25, -0.2) is 0 Å². The minimum Gasteiger partial charge on any atom is -0.481 e. The van der Waals surface area contributed by atoms with Crippen molar-refractivity contribution in [3.63, 3.8) is 0 Å². The second-order valence-corrected chi connectivity index (χ2v) is 16.0. The summed E-state index contributed by atoms with van der Waals surface area (Å²) in [5, 5.41) is 26.6. The number of hydrogen-bond donors (Lipinski definition) is 4. The Bertz CT molecular complexity index is 1950. The molecule has 2 saturated carbocycles. The number of halogens is 2. The van der Waals surface area contributed by atoms with Crippen LogP contribution in [0, 0.1) is 25.7 Å². The van der Waals surface area contributed by atoms with Crippen molar-refractivity contribution in [2.75, 3.05) is 14.2 Å². The van der Waals surface area contributed by atoms with E-state index in [2.05, 4.69) is 46.6 Å². The lowest BCUT2D eigenvalue weighted by Crippen LogP contribution is -2.36. The van der Waals surface area contributed by atoms with Crippen LogP contribution in [0.5, 0.6) is 23.5 Å². The second kappa shape index (κ2) is 19.9. The number of aliphatic carboxylic acids is 2. The average Bonchev–Trinajstić information content (AvgIpc) is 3.22. The summed E-state index contributed by atoms with van der Waals surface area (Å²) in [6, 6.07) is 16.0. The fraction of sp³-hybridized carbons (Fsp3) is 0.455. The van der Waals surface area contributed by atoms with Crippen molar-refractivity contribution in [2.45, 2.75) is 104 Å². The van der Waals surface area contributed by atoms with E-state index in [4.69, 9.17) is 42.1 Å². The van der Waals surface area contributed by atoms with Crippen molar-refractivity contribution in [1.29, 1.82) is 0 Å². The van der Waals surface area contributed by atoms with E-state index >= 15 is 0 Å². The third-order valence-corrected chi connectivity index (χ3v) is 12.0. The molecule has 0 unspecified atom stereocenters. The quantitative estimate of drug-likeness (QED) is 0.0802. The number of aromatic nitrogens is 2. The molecule has 2 aromatic heterocycles. The van der Waals surface area contributed by atoms with Gasteiger partial charge in [0.05, 0.1) is 26.1 Å². The van der Waals surface area contributed by atoms with Crippen molar-refractivity contribution in [3.05, 3.63) is 92.0 Å². The number of nitrogens with one attached hydrogen (secondary N) is 2. The Hall–Kier alpha value is -4.62. The van der Waals surface area contributed by atoms with Gasteiger partial charge in [-0.15, -0.1) is 0 Å². The largest absolute Gasteiger partial charge is 0.481 e. The van der Waals surface area contributed by atoms with Gasteiger partial charge in [-0.05, 0) is 97.9 Å². The number of carboxylic acids is 2. The maximum absolute atomic E-state index is 11.5. The van der Waals surface area contributed by atoms with Gasteiger partial charge >= 0.3 is 11.9 Å². The van der Waals surface area contributed by atoms with Crippen molar-refractivity contribution in [1.82, 2.24) is 20.6 Å². The Morgan fingerprint density at radius 1 is 0.655 bits per heavy atom. The van der Waals surface area contributed by atoms with Gasteiger partial charge in [-0.1, -0.05) is 72.4 Å². The summed E-state index contributed by atoms with van der Waals surface area (Å²) in [4.78, 5) is 32.2. The number of rotatable bonds is 17. The predicted octanol–water partition coefficient (Wildman–Crippen LogP) is 8.71. The van der Waals surface area contributed by atoms with E-state index in [-0.39, 0.29) is 48.9 Å². The zero-order chi connectivity index (χ0) is 41.3. The van der Waals surface area contributed by atoms with Crippen LogP contribution in [0.25, 0.3) is 11.1 Å². The lowest BCUT2D eigenvalue weighted by Gasteiger charge is -2.27. The lowest BCUT2D eigenvalue weighted by molar-refractivity contribution is -0.144. The Morgan fingerprint density at radius 2 is 1.07 bits per heavy atom. The number of carboxylic acid groups (broad SMARTS) is 2. The molecule has 12 nitrogen and oxygen atoms in total. The number of hydrogen-bond acceptors (Lipinski definition) is 10. The minimum atomic E-state index is -0.742. The minimum absolute atomic E-state index is 0.0945. The van der Waals surface area contributed by atoms with Gasteiger partial charge in [0.25, 0.3) is 0 Å². The molecule has 310 valence electrons. The fourth-order valence-corrected chi connectivity index (χ4v) is 8.52. The zero-order valence-corrected chi connectivity index (χ0v) is 34.9. The number of ether oxygens (including phenoxy) is 4.